The lowest BCUT2D eigenvalue weighted by Gasteiger charge is -2.13. The fourth-order valence-electron chi connectivity index (χ4n) is 2.02. The second-order valence-electron chi connectivity index (χ2n) is 4.72. The van der Waals surface area contributed by atoms with Crippen molar-refractivity contribution in [3.63, 3.8) is 0 Å². The summed E-state index contributed by atoms with van der Waals surface area (Å²) in [5.41, 5.74) is 5.59. The summed E-state index contributed by atoms with van der Waals surface area (Å²) in [4.78, 5) is 28.1. The summed E-state index contributed by atoms with van der Waals surface area (Å²) in [5, 5.41) is -0.0876. The molecule has 8 nitrogen and oxygen atoms in total. The van der Waals surface area contributed by atoms with Gasteiger partial charge in [0.15, 0.2) is 33.9 Å². The Morgan fingerprint density at radius 1 is 1.16 bits per heavy atom. The molecule has 1 amide bonds. The van der Waals surface area contributed by atoms with Crippen LogP contribution in [-0.4, -0.2) is 33.0 Å². The van der Waals surface area contributed by atoms with Gasteiger partial charge in [-0.25, -0.2) is 15.0 Å². The second kappa shape index (κ2) is 7.10. The van der Waals surface area contributed by atoms with Gasteiger partial charge in [-0.3, -0.25) is 9.78 Å². The normalized spacial score (nSPS) is 10.3. The fraction of sp³-hybridized carbons (Fsp3) is 0.0625. The summed E-state index contributed by atoms with van der Waals surface area (Å²) in [6, 6.07) is 6.86. The van der Waals surface area contributed by atoms with Crippen molar-refractivity contribution in [2.45, 2.75) is 0 Å². The molecule has 0 fully saturated rings. The summed E-state index contributed by atoms with van der Waals surface area (Å²) in [5.74, 6) is 0.0159. The number of halogens is 1. The van der Waals surface area contributed by atoms with Crippen LogP contribution in [0.25, 0.3) is 11.5 Å². The lowest BCUT2D eigenvalue weighted by atomic mass is 10.3. The van der Waals surface area contributed by atoms with E-state index < -0.39 is 5.91 Å². The minimum Gasteiger partial charge on any atom is -0.493 e. The summed E-state index contributed by atoms with van der Waals surface area (Å²) >= 11 is 6.20. The van der Waals surface area contributed by atoms with Crippen molar-refractivity contribution >= 4 is 17.5 Å². The number of ether oxygens (including phenoxy) is 2. The Kier molecular flexibility index (Phi) is 4.71. The first-order valence-corrected chi connectivity index (χ1v) is 7.42. The zero-order chi connectivity index (χ0) is 17.8. The van der Waals surface area contributed by atoms with Crippen molar-refractivity contribution in [1.29, 1.82) is 0 Å². The number of carbonyl (C=O) groups is 1. The van der Waals surface area contributed by atoms with Crippen molar-refractivity contribution in [3.05, 3.63) is 53.7 Å². The van der Waals surface area contributed by atoms with Gasteiger partial charge in [0.05, 0.1) is 13.3 Å². The Morgan fingerprint density at radius 2 is 1.92 bits per heavy atom. The van der Waals surface area contributed by atoms with Gasteiger partial charge < -0.3 is 15.2 Å². The van der Waals surface area contributed by atoms with Crippen LogP contribution >= 0.6 is 11.6 Å². The molecule has 0 unspecified atom stereocenters. The van der Waals surface area contributed by atoms with Crippen LogP contribution in [-0.2, 0) is 0 Å². The lowest BCUT2D eigenvalue weighted by molar-refractivity contribution is 0.0993. The number of primary amides is 1. The Labute approximate surface area is 147 Å². The predicted octanol–water partition coefficient (Wildman–Crippen LogP) is 2.49. The molecule has 0 aliphatic heterocycles. The average Bonchev–Trinajstić information content (AvgIpc) is 2.64. The molecule has 0 atom stereocenters. The Balaban J connectivity index is 2.09. The van der Waals surface area contributed by atoms with Gasteiger partial charge in [0.2, 0.25) is 0 Å². The van der Waals surface area contributed by atoms with E-state index in [1.807, 2.05) is 0 Å². The third kappa shape index (κ3) is 3.48. The van der Waals surface area contributed by atoms with Crippen LogP contribution in [0.2, 0.25) is 5.15 Å². The highest BCUT2D eigenvalue weighted by atomic mass is 35.5. The van der Waals surface area contributed by atoms with Crippen LogP contribution in [0.1, 0.15) is 10.5 Å². The van der Waals surface area contributed by atoms with E-state index in [4.69, 9.17) is 26.8 Å². The highest BCUT2D eigenvalue weighted by Gasteiger charge is 2.22. The molecule has 1 aromatic carbocycles. The first kappa shape index (κ1) is 16.6. The number of carbonyl (C=O) groups excluding carboxylic acids is 1. The zero-order valence-electron chi connectivity index (χ0n) is 13.0. The lowest BCUT2D eigenvalue weighted by Crippen LogP contribution is -2.16. The van der Waals surface area contributed by atoms with Gasteiger partial charge in [-0.1, -0.05) is 23.7 Å². The highest BCUT2D eigenvalue weighted by Crippen LogP contribution is 2.36. The van der Waals surface area contributed by atoms with Crippen LogP contribution in [0.3, 0.4) is 0 Å². The van der Waals surface area contributed by atoms with Crippen molar-refractivity contribution in [3.8, 4) is 28.8 Å². The van der Waals surface area contributed by atoms with Crippen molar-refractivity contribution in [2.75, 3.05) is 7.11 Å². The van der Waals surface area contributed by atoms with Crippen LogP contribution in [0.15, 0.2) is 42.9 Å². The number of aromatic nitrogens is 4. The molecule has 0 bridgehead atoms. The Hall–Kier alpha value is -3.26. The standard InChI is InChI=1S/C16H12ClN5O3/c1-24-10-4-2-3-5-11(10)25-13-12(15(18)23)21-16(22-14(13)17)9-8-19-6-7-20-9/h2-8H,1H3,(H2,18,23). The molecular formula is C16H12ClN5O3. The number of methoxy groups -OCH3 is 1. The van der Waals surface area contributed by atoms with E-state index in [0.29, 0.717) is 17.2 Å². The molecule has 2 heterocycles. The zero-order valence-corrected chi connectivity index (χ0v) is 13.8. The maximum atomic E-state index is 11.8. The maximum Gasteiger partial charge on any atom is 0.271 e. The van der Waals surface area contributed by atoms with E-state index in [1.54, 1.807) is 24.3 Å². The topological polar surface area (TPSA) is 113 Å². The van der Waals surface area contributed by atoms with Gasteiger partial charge in [-0.15, -0.1) is 0 Å². The van der Waals surface area contributed by atoms with Crippen LogP contribution < -0.4 is 15.2 Å². The van der Waals surface area contributed by atoms with Gasteiger partial charge in [-0.05, 0) is 12.1 Å². The van der Waals surface area contributed by atoms with E-state index in [2.05, 4.69) is 19.9 Å². The summed E-state index contributed by atoms with van der Waals surface area (Å²) in [6.45, 7) is 0. The third-order valence-electron chi connectivity index (χ3n) is 3.13. The van der Waals surface area contributed by atoms with Crippen molar-refractivity contribution in [2.24, 2.45) is 5.73 Å². The van der Waals surface area contributed by atoms with Crippen LogP contribution in [0.5, 0.6) is 17.2 Å². The van der Waals surface area contributed by atoms with Crippen LogP contribution in [0.4, 0.5) is 0 Å². The van der Waals surface area contributed by atoms with Gasteiger partial charge in [0, 0.05) is 12.4 Å². The summed E-state index contributed by atoms with van der Waals surface area (Å²) in [6.07, 6.45) is 4.41. The molecule has 0 aliphatic rings. The number of amides is 1. The van der Waals surface area contributed by atoms with E-state index in [1.165, 1.54) is 25.7 Å². The minimum absolute atomic E-state index is 0.0636. The predicted molar refractivity (Wildman–Crippen MR) is 89.7 cm³/mol. The Morgan fingerprint density at radius 3 is 2.56 bits per heavy atom. The first-order valence-electron chi connectivity index (χ1n) is 7.04. The molecule has 0 radical (unpaired) electrons. The highest BCUT2D eigenvalue weighted by molar-refractivity contribution is 6.31. The Bertz CT molecular complexity index is 921. The molecular weight excluding hydrogens is 346 g/mol. The molecule has 3 rings (SSSR count). The van der Waals surface area contributed by atoms with Crippen molar-refractivity contribution in [1.82, 2.24) is 19.9 Å². The van der Waals surface area contributed by atoms with E-state index in [-0.39, 0.29) is 22.4 Å². The second-order valence-corrected chi connectivity index (χ2v) is 5.08. The monoisotopic (exact) mass is 357 g/mol. The molecule has 2 N–H and O–H groups in total. The van der Waals surface area contributed by atoms with Crippen LogP contribution in [0, 0.1) is 0 Å². The quantitative estimate of drug-likeness (QED) is 0.698. The first-order chi connectivity index (χ1) is 12.1. The van der Waals surface area contributed by atoms with E-state index in [0.717, 1.165) is 0 Å². The van der Waals surface area contributed by atoms with E-state index in [9.17, 15) is 4.79 Å². The maximum absolute atomic E-state index is 11.8. The molecule has 0 aliphatic carbocycles. The number of rotatable bonds is 5. The number of hydrogen-bond acceptors (Lipinski definition) is 7. The van der Waals surface area contributed by atoms with E-state index >= 15 is 0 Å². The van der Waals surface area contributed by atoms with Gasteiger partial charge in [0.25, 0.3) is 5.91 Å². The molecule has 3 aromatic rings. The fourth-order valence-corrected chi connectivity index (χ4v) is 2.23. The minimum atomic E-state index is -0.820. The molecule has 9 heteroatoms. The number of nitrogens with two attached hydrogens (primary N) is 1. The number of para-hydroxylation sites is 2. The van der Waals surface area contributed by atoms with Crippen molar-refractivity contribution < 1.29 is 14.3 Å². The molecule has 2 aromatic heterocycles. The molecule has 0 saturated carbocycles. The largest absolute Gasteiger partial charge is 0.493 e. The smallest absolute Gasteiger partial charge is 0.271 e. The number of hydrogen-bond donors (Lipinski definition) is 1. The third-order valence-corrected chi connectivity index (χ3v) is 3.39. The molecule has 0 saturated heterocycles. The number of benzene rings is 1. The van der Waals surface area contributed by atoms with Gasteiger partial charge in [0.1, 0.15) is 5.69 Å². The summed E-state index contributed by atoms with van der Waals surface area (Å²) < 4.78 is 10.9. The SMILES string of the molecule is COc1ccccc1Oc1c(Cl)nc(-c2cnccn2)nc1C(N)=O. The number of nitrogens with zero attached hydrogens (tertiary/aromatic N) is 4. The summed E-state index contributed by atoms with van der Waals surface area (Å²) in [7, 11) is 1.49. The molecule has 0 spiro atoms. The van der Waals surface area contributed by atoms with Gasteiger partial charge in [-0.2, -0.15) is 0 Å². The molecule has 126 valence electrons. The molecule has 25 heavy (non-hydrogen) atoms. The average molecular weight is 358 g/mol. The van der Waals surface area contributed by atoms with Gasteiger partial charge >= 0.3 is 0 Å².